The first-order valence-electron chi connectivity index (χ1n) is 24.4. The summed E-state index contributed by atoms with van der Waals surface area (Å²) < 4.78 is 1.23. The topological polar surface area (TPSA) is 25.8 Å². The molecule has 0 bridgehead atoms. The van der Waals surface area contributed by atoms with Crippen molar-refractivity contribution in [2.75, 3.05) is 0 Å². The first-order valence-corrected chi connectivity index (χ1v) is 25.2. The van der Waals surface area contributed by atoms with Crippen LogP contribution in [-0.4, -0.2) is 232 Å². The van der Waals surface area contributed by atoms with Crippen molar-refractivity contribution in [3.63, 3.8) is 0 Å². The molecule has 0 fully saturated rings. The molecule has 6 aromatic carbocycles. The first kappa shape index (κ1) is 58.8. The number of nitrogens with zero attached hydrogens (tertiary/aromatic N) is 2. The van der Waals surface area contributed by atoms with Gasteiger partial charge in [-0.25, -0.2) is 0 Å². The number of aromatic nitrogens is 2. The predicted molar refractivity (Wildman–Crippen MR) is 376 cm³/mol. The Morgan fingerprint density at radius 3 is 1.43 bits per heavy atom. The van der Waals surface area contributed by atoms with Crippen LogP contribution in [0.2, 0.25) is 0 Å². The molecule has 30 heteroatoms. The fraction of sp³-hybridized carbons (Fsp3) is 0.0385. The van der Waals surface area contributed by atoms with Gasteiger partial charge < -0.3 is 0 Å². The molecule has 3 aliphatic carbocycles. The predicted octanol–water partition coefficient (Wildman–Crippen LogP) is -15.7. The Bertz CT molecular complexity index is 4560. The molecule has 0 amide bonds. The van der Waals surface area contributed by atoms with Crippen LogP contribution in [0, 0.1) is 0 Å². The van der Waals surface area contributed by atoms with E-state index in [1.807, 2.05) is 12.1 Å². The minimum atomic E-state index is -1.90. The van der Waals surface area contributed by atoms with Crippen molar-refractivity contribution < 1.29 is 0 Å². The second-order valence-electron chi connectivity index (χ2n) is 20.3. The average molecular weight is 984 g/mol. The minimum absolute atomic E-state index is 0.00317. The molecular formula is C52H7B27N2S. The number of thiophene rings is 1. The van der Waals surface area contributed by atoms with Gasteiger partial charge in [-0.2, -0.15) is 0 Å². The third kappa shape index (κ3) is 7.52. The third-order valence-corrected chi connectivity index (χ3v) is 17.4. The summed E-state index contributed by atoms with van der Waals surface area (Å²) in [6.45, 7) is 1.54. The zero-order chi connectivity index (χ0) is 60.0. The van der Waals surface area contributed by atoms with E-state index in [9.17, 15) is 0 Å². The summed E-state index contributed by atoms with van der Waals surface area (Å²) in [5, 5.41) is 0.621. The van der Waals surface area contributed by atoms with E-state index in [1.54, 1.807) is 13.0 Å². The van der Waals surface area contributed by atoms with Crippen LogP contribution in [0.4, 0.5) is 0 Å². The number of hydrogen-bond acceptors (Lipinski definition) is 3. The van der Waals surface area contributed by atoms with E-state index >= 15 is 0 Å². The second-order valence-corrected chi connectivity index (χ2v) is 21.3. The van der Waals surface area contributed by atoms with Crippen LogP contribution < -0.4 is 115 Å². The van der Waals surface area contributed by atoms with E-state index in [-0.39, 0.29) is 220 Å². The maximum absolute atomic E-state index is 7.62. The van der Waals surface area contributed by atoms with Gasteiger partial charge in [0.25, 0.3) is 0 Å². The molecule has 0 N–H and O–H groups in total. The molecule has 11 rings (SSSR count). The van der Waals surface area contributed by atoms with Gasteiger partial charge in [-0.15, -0.1) is 16.4 Å². The molecule has 0 saturated carbocycles. The van der Waals surface area contributed by atoms with E-state index in [0.717, 1.165) is 4.70 Å². The molecule has 2 heterocycles. The Hall–Kier alpha value is -4.93. The SMILES string of the molecule is [B]C1=C([B])C2=C(C1=[B])C1(C(=[B])/C(=C([B])\C(=C(\[B])C)c3c([B])c([B])c([B])c(-c4ncnc5c4sc4ccc(-c6c([B])c([B])c(-c7c([B])c([B])c([B])c([B])c7[B])c([B])c6[B])cc45)c3[B])c3c([B])c([B])c([B])c([B])c31)c1c([B])c([B])c([B])c([B])c12. The Balaban J connectivity index is 1.13. The summed E-state index contributed by atoms with van der Waals surface area (Å²) >= 11 is 1.30. The molecule has 312 valence electrons. The Morgan fingerprint density at radius 1 is 0.451 bits per heavy atom. The number of fused-ring (bicyclic) bond motifs is 9. The summed E-state index contributed by atoms with van der Waals surface area (Å²) in [5.41, 5.74) is -0.309. The zero-order valence-electron chi connectivity index (χ0n) is 43.7. The van der Waals surface area contributed by atoms with E-state index in [2.05, 4.69) is 0 Å². The van der Waals surface area contributed by atoms with Crippen LogP contribution in [-0.2, 0) is 5.41 Å². The Labute approximate surface area is 516 Å². The van der Waals surface area contributed by atoms with Crippen LogP contribution in [0.3, 0.4) is 0 Å². The Morgan fingerprint density at radius 2 is 0.890 bits per heavy atom. The summed E-state index contributed by atoms with van der Waals surface area (Å²) in [4.78, 5) is 9.44. The summed E-state index contributed by atoms with van der Waals surface area (Å²) in [7, 11) is 183. The van der Waals surface area contributed by atoms with Gasteiger partial charge in [0, 0.05) is 0 Å². The van der Waals surface area contributed by atoms with Gasteiger partial charge in [-0.3, -0.25) is 0 Å². The first-order chi connectivity index (χ1) is 38.4. The van der Waals surface area contributed by atoms with Gasteiger partial charge in [0.2, 0.25) is 0 Å². The van der Waals surface area contributed by atoms with Gasteiger partial charge >= 0.3 is 373 Å². The van der Waals surface area contributed by atoms with Crippen molar-refractivity contribution in [3.8, 4) is 33.5 Å². The third-order valence-electron chi connectivity index (χ3n) is 16.2. The van der Waals surface area contributed by atoms with Crippen LogP contribution in [0.15, 0.2) is 52.0 Å². The van der Waals surface area contributed by atoms with E-state index in [0.29, 0.717) is 26.7 Å². The molecule has 1 atom stereocenters. The standard InChI is InChI=1S/C52H7B27N2S/c1-6(53)10(23(54)18-14-22(38(69)46(77)42(73)29(14)60)52(51(18)79)20-12(27(58)40(71)36(20)67)13-21(52)37(68)45(76)41(72)28(13)59)15-24(55)19(35(66)39(70)32(15)63)49-50-48(80-5-81-49)8-4-7(2-3-9(8)82-50)11-25(56)30(61)16(31(62)26(11)57)17-33(64)43(74)47(78)44(75)34(17)65/h2-5H,1H3/b10-6+,23-18+. The van der Waals surface area contributed by atoms with E-state index < -0.39 is 5.41 Å². The van der Waals surface area contributed by atoms with Crippen LogP contribution >= 0.6 is 11.3 Å². The van der Waals surface area contributed by atoms with Crippen LogP contribution in [0.5, 0.6) is 0 Å². The molecule has 2 nitrogen and oxygen atoms in total. The maximum atomic E-state index is 7.62. The Kier molecular flexibility index (Phi) is 14.4. The fourth-order valence-corrected chi connectivity index (χ4v) is 13.3. The van der Waals surface area contributed by atoms with Crippen molar-refractivity contribution in [2.45, 2.75) is 12.3 Å². The number of benzene rings is 6. The number of hydrogen-bond donors (Lipinski definition) is 0. The molecule has 0 aliphatic heterocycles. The zero-order valence-corrected chi connectivity index (χ0v) is 44.5. The molecule has 52 radical (unpaired) electrons. The van der Waals surface area contributed by atoms with Crippen molar-refractivity contribution in [3.05, 3.63) is 79.8 Å². The number of allylic oxidation sites excluding steroid dienone is 8. The van der Waals surface area contributed by atoms with Crippen LogP contribution in [0.1, 0.15) is 34.7 Å². The van der Waals surface area contributed by atoms with Crippen molar-refractivity contribution >= 4 is 385 Å². The quantitative estimate of drug-likeness (QED) is 0.161. The van der Waals surface area contributed by atoms with Gasteiger partial charge in [-0.1, -0.05) is 38.8 Å². The summed E-state index contributed by atoms with van der Waals surface area (Å²) in [5.74, 6) is 0. The molecule has 1 spiro atoms. The normalized spacial score (nSPS) is 16.4. The van der Waals surface area contributed by atoms with Gasteiger partial charge in [0.1, 0.15) is 70.6 Å². The van der Waals surface area contributed by atoms with Gasteiger partial charge in [-0.05, 0) is 22.3 Å². The molecule has 3 aliphatic rings. The molecule has 82 heavy (non-hydrogen) atoms. The number of rotatable bonds is 5. The monoisotopic (exact) mass is 988 g/mol. The fourth-order valence-electron chi connectivity index (χ4n) is 12.1. The van der Waals surface area contributed by atoms with Gasteiger partial charge in [0.05, 0.1) is 0 Å². The average Bonchev–Trinajstić information content (AvgIpc) is 1.51. The molecule has 0 saturated heterocycles. The van der Waals surface area contributed by atoms with Crippen molar-refractivity contribution in [2.24, 2.45) is 0 Å². The molecule has 1 unspecified atom stereocenters. The molecule has 8 aromatic rings. The van der Waals surface area contributed by atoms with E-state index in [1.165, 1.54) is 17.7 Å². The van der Waals surface area contributed by atoms with Crippen molar-refractivity contribution in [1.29, 1.82) is 0 Å². The molecular weight excluding hydrogens is 977 g/mol. The summed E-state index contributed by atoms with van der Waals surface area (Å²) in [6, 6.07) is 5.41. The van der Waals surface area contributed by atoms with Crippen molar-refractivity contribution in [1.82, 2.24) is 9.97 Å². The van der Waals surface area contributed by atoms with E-state index in [4.69, 9.17) is 221 Å². The molecule has 2 aromatic heterocycles. The second kappa shape index (κ2) is 20.1. The van der Waals surface area contributed by atoms with Crippen LogP contribution in [0.25, 0.3) is 70.5 Å². The summed E-state index contributed by atoms with van der Waals surface area (Å²) in [6.07, 6.45) is 1.32. The van der Waals surface area contributed by atoms with Gasteiger partial charge in [0.15, 0.2) is 0 Å².